The number of fused-ring (bicyclic) bond motifs is 1. The lowest BCUT2D eigenvalue weighted by atomic mass is 10.2. The highest BCUT2D eigenvalue weighted by atomic mass is 127. The zero-order chi connectivity index (χ0) is 18.5. The van der Waals surface area contributed by atoms with E-state index in [0.29, 0.717) is 6.04 Å². The molecule has 1 unspecified atom stereocenters. The minimum atomic E-state index is 0. The van der Waals surface area contributed by atoms with Crippen molar-refractivity contribution in [3.05, 3.63) is 17.7 Å². The van der Waals surface area contributed by atoms with E-state index in [9.17, 15) is 0 Å². The van der Waals surface area contributed by atoms with Crippen molar-refractivity contribution < 1.29 is 4.74 Å². The number of aliphatic imine (C=N–C) groups is 1. The molecular weight excluding hydrogens is 467 g/mol. The Morgan fingerprint density at radius 1 is 1.25 bits per heavy atom. The van der Waals surface area contributed by atoms with E-state index in [1.54, 1.807) is 0 Å². The third kappa shape index (κ3) is 5.38. The maximum atomic E-state index is 5.50. The maximum absolute atomic E-state index is 5.50. The molecule has 1 atom stereocenters. The molecule has 4 rings (SSSR count). The maximum Gasteiger partial charge on any atom is 0.193 e. The van der Waals surface area contributed by atoms with Gasteiger partial charge >= 0.3 is 0 Å². The van der Waals surface area contributed by atoms with Crippen LogP contribution in [0.2, 0.25) is 0 Å². The van der Waals surface area contributed by atoms with Crippen molar-refractivity contribution in [1.29, 1.82) is 0 Å². The number of imidazole rings is 1. The minimum absolute atomic E-state index is 0. The van der Waals surface area contributed by atoms with Gasteiger partial charge in [-0.3, -0.25) is 9.89 Å². The predicted octanol–water partition coefficient (Wildman–Crippen LogP) is 1.75. The molecule has 2 fully saturated rings. The van der Waals surface area contributed by atoms with Crippen LogP contribution < -0.4 is 5.32 Å². The van der Waals surface area contributed by atoms with Gasteiger partial charge in [0.1, 0.15) is 5.82 Å². The summed E-state index contributed by atoms with van der Waals surface area (Å²) in [5.41, 5.74) is 1.19. The Hall–Kier alpha value is -0.870. The average Bonchev–Trinajstić information content (AvgIpc) is 3.35. The fourth-order valence-corrected chi connectivity index (χ4v) is 4.47. The van der Waals surface area contributed by atoms with Crippen molar-refractivity contribution in [3.8, 4) is 0 Å². The number of halogens is 1. The summed E-state index contributed by atoms with van der Waals surface area (Å²) in [6.07, 6.45) is 8.07. The van der Waals surface area contributed by atoms with Gasteiger partial charge in [-0.05, 0) is 26.2 Å². The molecule has 0 amide bonds. The third-order valence-corrected chi connectivity index (χ3v) is 5.95. The molecule has 1 aromatic heterocycles. The second-order valence-electron chi connectivity index (χ2n) is 7.82. The van der Waals surface area contributed by atoms with Gasteiger partial charge in [0.05, 0.1) is 18.9 Å². The molecule has 3 aliphatic rings. The van der Waals surface area contributed by atoms with Crippen LogP contribution in [0, 0.1) is 0 Å². The van der Waals surface area contributed by atoms with Gasteiger partial charge in [-0.2, -0.15) is 0 Å². The van der Waals surface area contributed by atoms with Crippen molar-refractivity contribution in [1.82, 2.24) is 24.7 Å². The van der Waals surface area contributed by atoms with E-state index >= 15 is 0 Å². The average molecular weight is 502 g/mol. The summed E-state index contributed by atoms with van der Waals surface area (Å²) >= 11 is 0. The van der Waals surface area contributed by atoms with E-state index in [1.165, 1.54) is 30.8 Å². The number of nitrogens with one attached hydrogen (secondary N) is 1. The van der Waals surface area contributed by atoms with Gasteiger partial charge in [0.25, 0.3) is 0 Å². The van der Waals surface area contributed by atoms with Gasteiger partial charge in [-0.25, -0.2) is 4.98 Å². The fraction of sp³-hybridized carbons (Fsp3) is 0.800. The van der Waals surface area contributed by atoms with E-state index in [0.717, 1.165) is 77.8 Å². The van der Waals surface area contributed by atoms with E-state index in [4.69, 9.17) is 14.7 Å². The first-order valence-corrected chi connectivity index (χ1v) is 10.7. The van der Waals surface area contributed by atoms with Crippen molar-refractivity contribution in [2.75, 3.05) is 52.5 Å². The number of nitrogens with zero attached hydrogens (tertiary/aromatic N) is 5. The van der Waals surface area contributed by atoms with E-state index in [2.05, 4.69) is 32.8 Å². The number of likely N-dealkylation sites (tertiary alicyclic amines) is 1. The number of morpholine rings is 1. The number of aryl methyl sites for hydroxylation is 2. The lowest BCUT2D eigenvalue weighted by Crippen LogP contribution is -2.46. The highest BCUT2D eigenvalue weighted by molar-refractivity contribution is 14.0. The van der Waals surface area contributed by atoms with Crippen LogP contribution in [0.4, 0.5) is 0 Å². The molecular formula is C20H35IN6O. The largest absolute Gasteiger partial charge is 0.379 e. The number of guanidine groups is 1. The second-order valence-corrected chi connectivity index (χ2v) is 7.82. The van der Waals surface area contributed by atoms with Gasteiger partial charge < -0.3 is 19.5 Å². The molecule has 3 aliphatic heterocycles. The second kappa shape index (κ2) is 10.8. The fourth-order valence-electron chi connectivity index (χ4n) is 4.47. The lowest BCUT2D eigenvalue weighted by Gasteiger charge is -2.32. The molecule has 0 aliphatic carbocycles. The quantitative estimate of drug-likeness (QED) is 0.378. The first kappa shape index (κ1) is 21.8. The molecule has 2 saturated heterocycles. The third-order valence-electron chi connectivity index (χ3n) is 5.95. The first-order chi connectivity index (χ1) is 13.3. The molecule has 1 N–H and O–H groups in total. The van der Waals surface area contributed by atoms with Gasteiger partial charge in [-0.1, -0.05) is 0 Å². The summed E-state index contributed by atoms with van der Waals surface area (Å²) < 4.78 is 7.83. The zero-order valence-electron chi connectivity index (χ0n) is 17.1. The Bertz CT molecular complexity index is 619. The van der Waals surface area contributed by atoms with Gasteiger partial charge in [0.15, 0.2) is 5.96 Å². The van der Waals surface area contributed by atoms with Crippen molar-refractivity contribution in [3.63, 3.8) is 0 Å². The van der Waals surface area contributed by atoms with Crippen LogP contribution in [0.3, 0.4) is 0 Å². The van der Waals surface area contributed by atoms with E-state index < -0.39 is 0 Å². The Morgan fingerprint density at radius 3 is 2.89 bits per heavy atom. The van der Waals surface area contributed by atoms with Crippen LogP contribution in [0.15, 0.2) is 11.2 Å². The van der Waals surface area contributed by atoms with Crippen LogP contribution in [-0.2, 0) is 24.1 Å². The Labute approximate surface area is 185 Å². The topological polar surface area (TPSA) is 57.9 Å². The number of hydrogen-bond acceptors (Lipinski definition) is 4. The van der Waals surface area contributed by atoms with E-state index in [-0.39, 0.29) is 24.0 Å². The highest BCUT2D eigenvalue weighted by Gasteiger charge is 2.30. The SMILES string of the molecule is CCNC(=NCCc1cn2c(n1)CCCC2)N1CCC(N2CCOCC2)C1.I. The molecule has 8 heteroatoms. The first-order valence-electron chi connectivity index (χ1n) is 10.7. The summed E-state index contributed by atoms with van der Waals surface area (Å²) in [4.78, 5) is 14.7. The zero-order valence-corrected chi connectivity index (χ0v) is 19.4. The smallest absolute Gasteiger partial charge is 0.193 e. The molecule has 158 valence electrons. The molecule has 0 bridgehead atoms. The number of aromatic nitrogens is 2. The highest BCUT2D eigenvalue weighted by Crippen LogP contribution is 2.18. The summed E-state index contributed by atoms with van der Waals surface area (Å²) in [6.45, 7) is 11.0. The Kier molecular flexibility index (Phi) is 8.40. The monoisotopic (exact) mass is 502 g/mol. The van der Waals surface area contributed by atoms with Gasteiger partial charge in [0.2, 0.25) is 0 Å². The molecule has 7 nitrogen and oxygen atoms in total. The normalized spacial score (nSPS) is 23.4. The Morgan fingerprint density at radius 2 is 2.11 bits per heavy atom. The van der Waals surface area contributed by atoms with Crippen molar-refractivity contribution in [2.45, 2.75) is 51.6 Å². The summed E-state index contributed by atoms with van der Waals surface area (Å²) in [5.74, 6) is 2.33. The molecule has 0 aromatic carbocycles. The van der Waals surface area contributed by atoms with Crippen molar-refractivity contribution >= 4 is 29.9 Å². The summed E-state index contributed by atoms with van der Waals surface area (Å²) in [6, 6.07) is 0.637. The number of rotatable bonds is 5. The van der Waals surface area contributed by atoms with Gasteiger partial charge in [0, 0.05) is 70.9 Å². The van der Waals surface area contributed by atoms with Crippen molar-refractivity contribution in [2.24, 2.45) is 4.99 Å². The molecule has 1 aromatic rings. The minimum Gasteiger partial charge on any atom is -0.379 e. The number of ether oxygens (including phenoxy) is 1. The molecule has 0 saturated carbocycles. The standard InChI is InChI=1S/C20H34N6O.HI/c1-2-21-20(26-10-7-18(16-26)24-11-13-27-14-12-24)22-8-6-17-15-25-9-4-3-5-19(25)23-17;/h15,18H,2-14,16H2,1H3,(H,21,22);1H. The lowest BCUT2D eigenvalue weighted by molar-refractivity contribution is 0.0195. The number of hydrogen-bond donors (Lipinski definition) is 1. The van der Waals surface area contributed by atoms with Crippen LogP contribution in [0.1, 0.15) is 37.7 Å². The van der Waals surface area contributed by atoms with Crippen LogP contribution in [-0.4, -0.2) is 83.8 Å². The van der Waals surface area contributed by atoms with Crippen LogP contribution in [0.25, 0.3) is 0 Å². The van der Waals surface area contributed by atoms with E-state index in [1.807, 2.05) is 0 Å². The predicted molar refractivity (Wildman–Crippen MR) is 123 cm³/mol. The molecule has 4 heterocycles. The molecule has 0 radical (unpaired) electrons. The summed E-state index contributed by atoms with van der Waals surface area (Å²) in [5, 5.41) is 3.49. The summed E-state index contributed by atoms with van der Waals surface area (Å²) in [7, 11) is 0. The van der Waals surface area contributed by atoms with Crippen LogP contribution in [0.5, 0.6) is 0 Å². The van der Waals surface area contributed by atoms with Crippen LogP contribution >= 0.6 is 24.0 Å². The molecule has 0 spiro atoms. The van der Waals surface area contributed by atoms with Gasteiger partial charge in [-0.15, -0.1) is 24.0 Å². The molecule has 28 heavy (non-hydrogen) atoms. The Balaban J connectivity index is 0.00000225.